The highest BCUT2D eigenvalue weighted by atomic mass is 28.4. The largest absolute Gasteiger partial charge is 0.388 e. The molecule has 0 radical (unpaired) electrons. The molecule has 0 N–H and O–H groups in total. The second-order valence-corrected chi connectivity index (χ2v) is 12.2. The minimum absolute atomic E-state index is 0.164. The lowest BCUT2D eigenvalue weighted by Crippen LogP contribution is -2.45. The second-order valence-electron chi connectivity index (χ2n) is 7.49. The quantitative estimate of drug-likeness (QED) is 0.496. The summed E-state index contributed by atoms with van der Waals surface area (Å²) in [5, 5.41) is 0.164. The smallest absolute Gasteiger partial charge is 0.195 e. The number of rotatable bonds is 5. The normalized spacial score (nSPS) is 19.2. The van der Waals surface area contributed by atoms with Crippen molar-refractivity contribution in [3.8, 4) is 11.8 Å². The first-order valence-electron chi connectivity index (χ1n) is 8.36. The molecule has 0 spiro atoms. The monoisotopic (exact) mass is 320 g/mol. The number of ether oxygens (including phenoxy) is 1. The average molecular weight is 321 g/mol. The van der Waals surface area contributed by atoms with Crippen LogP contribution in [-0.2, 0) is 9.16 Å². The van der Waals surface area contributed by atoms with Crippen molar-refractivity contribution in [1.82, 2.24) is 0 Å². The molecule has 2 nitrogen and oxygen atoms in total. The van der Waals surface area contributed by atoms with E-state index in [2.05, 4.69) is 65.3 Å². The summed E-state index contributed by atoms with van der Waals surface area (Å²) in [5.74, 6) is 6.42. The molecule has 1 heterocycles. The van der Waals surface area contributed by atoms with E-state index < -0.39 is 8.32 Å². The number of hydrogen-bond donors (Lipinski definition) is 0. The van der Waals surface area contributed by atoms with Crippen LogP contribution < -0.4 is 0 Å². The third-order valence-electron chi connectivity index (χ3n) is 4.43. The van der Waals surface area contributed by atoms with E-state index in [-0.39, 0.29) is 11.3 Å². The van der Waals surface area contributed by atoms with Crippen LogP contribution in [0, 0.1) is 11.8 Å². The molecular weight excluding hydrogens is 288 g/mol. The number of allylic oxidation sites excluding steroid dienone is 1. The van der Waals surface area contributed by atoms with E-state index in [0.29, 0.717) is 6.61 Å². The van der Waals surface area contributed by atoms with Gasteiger partial charge in [-0.3, -0.25) is 0 Å². The first-order valence-corrected chi connectivity index (χ1v) is 11.3. The summed E-state index contributed by atoms with van der Waals surface area (Å²) in [7, 11) is -1.87. The van der Waals surface area contributed by atoms with Gasteiger partial charge < -0.3 is 9.16 Å². The van der Waals surface area contributed by atoms with Crippen molar-refractivity contribution in [1.29, 1.82) is 0 Å². The molecule has 1 unspecified atom stereocenters. The fourth-order valence-corrected chi connectivity index (χ4v) is 2.92. The van der Waals surface area contributed by atoms with E-state index >= 15 is 0 Å². The van der Waals surface area contributed by atoms with Crippen LogP contribution in [-0.4, -0.2) is 21.2 Å². The fraction of sp³-hybridized carbons (Fsp3) is 0.684. The van der Waals surface area contributed by atoms with Gasteiger partial charge in [-0.15, -0.1) is 0 Å². The molecule has 3 heteroatoms. The summed E-state index contributed by atoms with van der Waals surface area (Å²) in [4.78, 5) is 0. The van der Waals surface area contributed by atoms with Gasteiger partial charge in [-0.25, -0.2) is 0 Å². The number of unbranched alkanes of at least 4 members (excludes halogenated alkanes) is 1. The molecule has 0 bridgehead atoms. The molecule has 1 aliphatic heterocycles. The maximum atomic E-state index is 6.39. The summed E-state index contributed by atoms with van der Waals surface area (Å²) in [6.07, 6.45) is 6.05. The van der Waals surface area contributed by atoms with Gasteiger partial charge in [-0.1, -0.05) is 58.6 Å². The summed E-state index contributed by atoms with van der Waals surface area (Å²) < 4.78 is 12.2. The Balaban J connectivity index is 2.79. The minimum atomic E-state index is -1.87. The summed E-state index contributed by atoms with van der Waals surface area (Å²) >= 11 is 0. The third-order valence-corrected chi connectivity index (χ3v) is 8.84. The van der Waals surface area contributed by atoms with Crippen molar-refractivity contribution in [2.45, 2.75) is 77.8 Å². The van der Waals surface area contributed by atoms with Crippen molar-refractivity contribution in [3.05, 3.63) is 23.8 Å². The molecule has 124 valence electrons. The molecule has 0 fully saturated rings. The second kappa shape index (κ2) is 8.15. The number of hydrogen-bond acceptors (Lipinski definition) is 2. The third kappa shape index (κ3) is 5.76. The van der Waals surface area contributed by atoms with E-state index in [1.54, 1.807) is 0 Å². The van der Waals surface area contributed by atoms with Gasteiger partial charge in [0.2, 0.25) is 0 Å². The molecule has 1 rings (SSSR count). The average Bonchev–Trinajstić information content (AvgIpc) is 2.42. The molecular formula is C19H32O2Si. The van der Waals surface area contributed by atoms with Crippen LogP contribution in [0.1, 0.15) is 53.4 Å². The predicted molar refractivity (Wildman–Crippen MR) is 97.2 cm³/mol. The highest BCUT2D eigenvalue weighted by Gasteiger charge is 2.40. The minimum Gasteiger partial charge on any atom is -0.388 e. The van der Waals surface area contributed by atoms with Gasteiger partial charge >= 0.3 is 0 Å². The zero-order valence-corrected chi connectivity index (χ0v) is 16.2. The zero-order chi connectivity index (χ0) is 16.8. The molecule has 22 heavy (non-hydrogen) atoms. The van der Waals surface area contributed by atoms with Crippen molar-refractivity contribution < 1.29 is 9.16 Å². The van der Waals surface area contributed by atoms with E-state index in [0.717, 1.165) is 30.4 Å². The van der Waals surface area contributed by atoms with Crippen molar-refractivity contribution in [3.63, 3.8) is 0 Å². The van der Waals surface area contributed by atoms with Crippen molar-refractivity contribution in [2.75, 3.05) is 6.61 Å². The molecule has 0 aromatic carbocycles. The molecule has 0 aromatic heterocycles. The topological polar surface area (TPSA) is 18.5 Å². The van der Waals surface area contributed by atoms with Crippen LogP contribution in [0.2, 0.25) is 18.1 Å². The maximum absolute atomic E-state index is 6.39. The Kier molecular flexibility index (Phi) is 7.12. The Bertz CT molecular complexity index is 472. The highest BCUT2D eigenvalue weighted by molar-refractivity contribution is 6.74. The highest BCUT2D eigenvalue weighted by Crippen LogP contribution is 2.38. The van der Waals surface area contributed by atoms with E-state index in [9.17, 15) is 0 Å². The lowest BCUT2D eigenvalue weighted by Gasteiger charge is -2.39. The van der Waals surface area contributed by atoms with Gasteiger partial charge in [0.1, 0.15) is 0 Å². The maximum Gasteiger partial charge on any atom is 0.195 e. The SMILES string of the molecule is C=C(C#CC1=CCCOC1O[Si](C)(C)C(C)(C)C)CCCC. The van der Waals surface area contributed by atoms with Crippen LogP contribution in [0.3, 0.4) is 0 Å². The van der Waals surface area contributed by atoms with Gasteiger partial charge in [0.15, 0.2) is 14.6 Å². The summed E-state index contributed by atoms with van der Waals surface area (Å²) in [6.45, 7) is 18.1. The first-order chi connectivity index (χ1) is 10.2. The van der Waals surface area contributed by atoms with Crippen LogP contribution >= 0.6 is 0 Å². The molecule has 0 aromatic rings. The van der Waals surface area contributed by atoms with Crippen molar-refractivity contribution >= 4 is 8.32 Å². The van der Waals surface area contributed by atoms with E-state index in [1.807, 2.05) is 0 Å². The fourth-order valence-electron chi connectivity index (χ4n) is 1.84. The lowest BCUT2D eigenvalue weighted by molar-refractivity contribution is -0.0645. The molecule has 0 aliphatic carbocycles. The van der Waals surface area contributed by atoms with Crippen LogP contribution in [0.5, 0.6) is 0 Å². The van der Waals surface area contributed by atoms with Gasteiger partial charge in [-0.2, -0.15) is 0 Å². The molecule has 0 saturated carbocycles. The van der Waals surface area contributed by atoms with Gasteiger partial charge in [0, 0.05) is 0 Å². The van der Waals surface area contributed by atoms with Crippen LogP contribution in [0.15, 0.2) is 23.8 Å². The summed E-state index contributed by atoms with van der Waals surface area (Å²) in [6, 6.07) is 0. The molecule has 0 saturated heterocycles. The Morgan fingerprint density at radius 3 is 2.73 bits per heavy atom. The Morgan fingerprint density at radius 1 is 1.45 bits per heavy atom. The Morgan fingerprint density at radius 2 is 2.14 bits per heavy atom. The first kappa shape index (κ1) is 19.2. The molecule has 1 atom stereocenters. The zero-order valence-electron chi connectivity index (χ0n) is 15.2. The Hall–Kier alpha value is -0.823. The van der Waals surface area contributed by atoms with E-state index in [1.165, 1.54) is 6.42 Å². The Labute approximate surface area is 138 Å². The van der Waals surface area contributed by atoms with Crippen molar-refractivity contribution in [2.24, 2.45) is 0 Å². The predicted octanol–water partition coefficient (Wildman–Crippen LogP) is 5.43. The van der Waals surface area contributed by atoms with Gasteiger partial charge in [0.25, 0.3) is 0 Å². The van der Waals surface area contributed by atoms with E-state index in [4.69, 9.17) is 9.16 Å². The van der Waals surface area contributed by atoms with Gasteiger partial charge in [-0.05, 0) is 43.0 Å². The van der Waals surface area contributed by atoms with Crippen LogP contribution in [0.4, 0.5) is 0 Å². The van der Waals surface area contributed by atoms with Gasteiger partial charge in [0.05, 0.1) is 12.2 Å². The van der Waals surface area contributed by atoms with Crippen LogP contribution in [0.25, 0.3) is 0 Å². The molecule has 1 aliphatic rings. The summed E-state index contributed by atoms with van der Waals surface area (Å²) in [5.41, 5.74) is 1.97. The lowest BCUT2D eigenvalue weighted by atomic mass is 10.1. The molecule has 0 amide bonds. The standard InChI is InChI=1S/C19H32O2Si/c1-8-9-11-16(2)13-14-17-12-10-15-20-18(17)21-22(6,7)19(3,4)5/h12,18H,2,8-11,15H2,1,3-7H3.